The first-order valence-corrected chi connectivity index (χ1v) is 7.29. The molecule has 2 aliphatic heterocycles. The third-order valence-electron chi connectivity index (χ3n) is 4.09. The van der Waals surface area contributed by atoms with Crippen LogP contribution in [0.2, 0.25) is 0 Å². The van der Waals surface area contributed by atoms with Gasteiger partial charge in [0.1, 0.15) is 0 Å². The first kappa shape index (κ1) is 13.3. The Labute approximate surface area is 106 Å². The van der Waals surface area contributed by atoms with E-state index in [-0.39, 0.29) is 5.60 Å². The second kappa shape index (κ2) is 6.17. The molecule has 2 rings (SSSR count). The highest BCUT2D eigenvalue weighted by molar-refractivity contribution is 4.87. The molecule has 0 aromatic heterocycles. The predicted octanol–water partition coefficient (Wildman–Crippen LogP) is 1.88. The van der Waals surface area contributed by atoms with Gasteiger partial charge in [0.15, 0.2) is 0 Å². The van der Waals surface area contributed by atoms with Gasteiger partial charge in [-0.25, -0.2) is 0 Å². The summed E-state index contributed by atoms with van der Waals surface area (Å²) in [5.41, 5.74) is 0.145. The number of nitrogens with zero attached hydrogens (tertiary/aromatic N) is 1. The maximum atomic E-state index is 5.88. The lowest BCUT2D eigenvalue weighted by atomic mass is 10.0. The summed E-state index contributed by atoms with van der Waals surface area (Å²) in [7, 11) is 0. The molecule has 0 spiro atoms. The molecule has 0 radical (unpaired) electrons. The summed E-state index contributed by atoms with van der Waals surface area (Å²) in [5.74, 6) is 0.853. The van der Waals surface area contributed by atoms with Crippen molar-refractivity contribution in [2.75, 3.05) is 39.3 Å². The van der Waals surface area contributed by atoms with Crippen LogP contribution in [0.4, 0.5) is 0 Å². The molecule has 2 saturated heterocycles. The molecule has 100 valence electrons. The van der Waals surface area contributed by atoms with Crippen LogP contribution in [0.3, 0.4) is 0 Å². The zero-order valence-electron chi connectivity index (χ0n) is 11.5. The average Bonchev–Trinajstić information content (AvgIpc) is 2.89. The fraction of sp³-hybridized carbons (Fsp3) is 1.00. The molecule has 17 heavy (non-hydrogen) atoms. The van der Waals surface area contributed by atoms with E-state index in [0.717, 1.165) is 25.6 Å². The molecule has 2 heterocycles. The minimum Gasteiger partial charge on any atom is -0.374 e. The van der Waals surface area contributed by atoms with Crippen LogP contribution in [-0.4, -0.2) is 49.8 Å². The van der Waals surface area contributed by atoms with E-state index in [4.69, 9.17) is 4.74 Å². The predicted molar refractivity (Wildman–Crippen MR) is 71.3 cm³/mol. The Morgan fingerprint density at radius 3 is 3.06 bits per heavy atom. The maximum absolute atomic E-state index is 5.88. The van der Waals surface area contributed by atoms with Crippen molar-refractivity contribution < 1.29 is 4.74 Å². The van der Waals surface area contributed by atoms with Gasteiger partial charge in [-0.15, -0.1) is 0 Å². The average molecular weight is 240 g/mol. The molecule has 0 amide bonds. The number of likely N-dealkylation sites (tertiary alicyclic amines) is 1. The summed E-state index contributed by atoms with van der Waals surface area (Å²) in [4.78, 5) is 2.60. The standard InChI is InChI=1S/C14H28N2O/c1-3-7-15-10-13-5-8-16(11-13)12-14(2)6-4-9-17-14/h13,15H,3-12H2,1-2H3. The van der Waals surface area contributed by atoms with Crippen molar-refractivity contribution >= 4 is 0 Å². The lowest BCUT2D eigenvalue weighted by Crippen LogP contribution is -2.39. The first-order chi connectivity index (χ1) is 8.22. The first-order valence-electron chi connectivity index (χ1n) is 7.29. The zero-order chi connectivity index (χ0) is 12.1. The van der Waals surface area contributed by atoms with Gasteiger partial charge in [0, 0.05) is 19.7 Å². The summed E-state index contributed by atoms with van der Waals surface area (Å²) in [5, 5.41) is 3.54. The van der Waals surface area contributed by atoms with Crippen molar-refractivity contribution in [3.63, 3.8) is 0 Å². The fourth-order valence-corrected chi connectivity index (χ4v) is 3.14. The second-order valence-corrected chi connectivity index (χ2v) is 6.00. The zero-order valence-corrected chi connectivity index (χ0v) is 11.5. The van der Waals surface area contributed by atoms with Gasteiger partial charge in [-0.3, -0.25) is 0 Å². The highest BCUT2D eigenvalue weighted by Gasteiger charge is 2.34. The van der Waals surface area contributed by atoms with Gasteiger partial charge in [0.05, 0.1) is 5.60 Å². The van der Waals surface area contributed by atoms with E-state index in [1.807, 2.05) is 0 Å². The largest absolute Gasteiger partial charge is 0.374 e. The van der Waals surface area contributed by atoms with E-state index in [9.17, 15) is 0 Å². The third-order valence-corrected chi connectivity index (χ3v) is 4.09. The summed E-state index contributed by atoms with van der Waals surface area (Å²) in [6.45, 7) is 11.5. The van der Waals surface area contributed by atoms with E-state index in [1.54, 1.807) is 0 Å². The maximum Gasteiger partial charge on any atom is 0.0781 e. The van der Waals surface area contributed by atoms with Gasteiger partial charge >= 0.3 is 0 Å². The van der Waals surface area contributed by atoms with Crippen molar-refractivity contribution in [1.29, 1.82) is 0 Å². The Kier molecular flexibility index (Phi) is 4.83. The van der Waals surface area contributed by atoms with Crippen molar-refractivity contribution in [2.45, 2.75) is 45.1 Å². The molecule has 3 nitrogen and oxygen atoms in total. The van der Waals surface area contributed by atoms with E-state index in [2.05, 4.69) is 24.1 Å². The normalized spacial score (nSPS) is 34.6. The van der Waals surface area contributed by atoms with Crippen LogP contribution in [0.15, 0.2) is 0 Å². The van der Waals surface area contributed by atoms with Crippen molar-refractivity contribution in [2.24, 2.45) is 5.92 Å². The quantitative estimate of drug-likeness (QED) is 0.717. The van der Waals surface area contributed by atoms with Crippen molar-refractivity contribution in [1.82, 2.24) is 10.2 Å². The minimum absolute atomic E-state index is 0.145. The molecular weight excluding hydrogens is 212 g/mol. The SMILES string of the molecule is CCCNCC1CCN(CC2(C)CCCO2)C1. The van der Waals surface area contributed by atoms with E-state index in [1.165, 1.54) is 45.3 Å². The fourth-order valence-electron chi connectivity index (χ4n) is 3.14. The van der Waals surface area contributed by atoms with Crippen molar-refractivity contribution in [3.05, 3.63) is 0 Å². The summed E-state index contributed by atoms with van der Waals surface area (Å²) in [6, 6.07) is 0. The van der Waals surface area contributed by atoms with Crippen molar-refractivity contribution in [3.8, 4) is 0 Å². The van der Waals surface area contributed by atoms with Gasteiger partial charge in [-0.2, -0.15) is 0 Å². The van der Waals surface area contributed by atoms with Crippen LogP contribution in [0.1, 0.15) is 39.5 Å². The molecule has 0 bridgehead atoms. The second-order valence-electron chi connectivity index (χ2n) is 6.00. The van der Waals surface area contributed by atoms with Gasteiger partial charge in [-0.05, 0) is 58.2 Å². The highest BCUT2D eigenvalue weighted by atomic mass is 16.5. The van der Waals surface area contributed by atoms with Crippen LogP contribution >= 0.6 is 0 Å². The Morgan fingerprint density at radius 1 is 1.47 bits per heavy atom. The highest BCUT2D eigenvalue weighted by Crippen LogP contribution is 2.28. The van der Waals surface area contributed by atoms with Crippen LogP contribution in [0, 0.1) is 5.92 Å². The molecule has 2 fully saturated rings. The molecular formula is C14H28N2O. The molecule has 2 atom stereocenters. The van der Waals surface area contributed by atoms with Crippen LogP contribution in [0.5, 0.6) is 0 Å². The lowest BCUT2D eigenvalue weighted by molar-refractivity contribution is -0.00467. The molecule has 2 aliphatic rings. The van der Waals surface area contributed by atoms with Gasteiger partial charge in [0.2, 0.25) is 0 Å². The molecule has 0 aliphatic carbocycles. The van der Waals surface area contributed by atoms with Gasteiger partial charge in [-0.1, -0.05) is 6.92 Å². The number of rotatable bonds is 6. The number of hydrogen-bond acceptors (Lipinski definition) is 3. The van der Waals surface area contributed by atoms with Crippen LogP contribution < -0.4 is 5.32 Å². The molecule has 2 unspecified atom stereocenters. The smallest absolute Gasteiger partial charge is 0.0781 e. The molecule has 0 aromatic carbocycles. The lowest BCUT2D eigenvalue weighted by Gasteiger charge is -2.29. The minimum atomic E-state index is 0.145. The molecule has 1 N–H and O–H groups in total. The Balaban J connectivity index is 1.67. The van der Waals surface area contributed by atoms with Gasteiger partial charge in [0.25, 0.3) is 0 Å². The Morgan fingerprint density at radius 2 is 2.35 bits per heavy atom. The Hall–Kier alpha value is -0.120. The van der Waals surface area contributed by atoms with Gasteiger partial charge < -0.3 is 15.0 Å². The summed E-state index contributed by atoms with van der Waals surface area (Å²) >= 11 is 0. The Bertz CT molecular complexity index is 226. The topological polar surface area (TPSA) is 24.5 Å². The molecule has 0 aromatic rings. The monoisotopic (exact) mass is 240 g/mol. The number of nitrogens with one attached hydrogen (secondary N) is 1. The van der Waals surface area contributed by atoms with Crippen LogP contribution in [-0.2, 0) is 4.74 Å². The molecule has 3 heteroatoms. The third kappa shape index (κ3) is 3.94. The van der Waals surface area contributed by atoms with E-state index >= 15 is 0 Å². The number of hydrogen-bond donors (Lipinski definition) is 1. The number of ether oxygens (including phenoxy) is 1. The molecule has 0 saturated carbocycles. The van der Waals surface area contributed by atoms with E-state index < -0.39 is 0 Å². The summed E-state index contributed by atoms with van der Waals surface area (Å²) in [6.07, 6.45) is 5.07. The van der Waals surface area contributed by atoms with Crippen LogP contribution in [0.25, 0.3) is 0 Å². The summed E-state index contributed by atoms with van der Waals surface area (Å²) < 4.78 is 5.88. The van der Waals surface area contributed by atoms with E-state index in [0.29, 0.717) is 0 Å².